The third-order valence-electron chi connectivity index (χ3n) is 6.85. The quantitative estimate of drug-likeness (QED) is 0.403. The van der Waals surface area contributed by atoms with Crippen molar-refractivity contribution >= 4 is 41.1 Å². The number of Topliss-reactive ketones (excluding diaryl/α,β-unsaturated/α-hetero) is 1. The van der Waals surface area contributed by atoms with Gasteiger partial charge in [-0.15, -0.1) is 0 Å². The molecule has 2 amide bonds. The summed E-state index contributed by atoms with van der Waals surface area (Å²) in [4.78, 5) is 42.1. The fourth-order valence-corrected chi connectivity index (χ4v) is 5.51. The Morgan fingerprint density at radius 3 is 2.37 bits per heavy atom. The van der Waals surface area contributed by atoms with Crippen molar-refractivity contribution in [1.82, 2.24) is 5.01 Å². The van der Waals surface area contributed by atoms with Gasteiger partial charge in [0.1, 0.15) is 17.7 Å². The lowest BCUT2D eigenvalue weighted by Crippen LogP contribution is -2.44. The Labute approximate surface area is 203 Å². The van der Waals surface area contributed by atoms with E-state index in [-0.39, 0.29) is 16.3 Å². The van der Waals surface area contributed by atoms with Crippen molar-refractivity contribution in [2.75, 3.05) is 4.90 Å². The molecule has 3 heterocycles. The summed E-state index contributed by atoms with van der Waals surface area (Å²) in [5.74, 6) is -4.68. The molecule has 4 atom stereocenters. The van der Waals surface area contributed by atoms with E-state index < -0.39 is 53.2 Å². The number of carbonyl (C=O) groups is 3. The molecule has 174 valence electrons. The molecule has 0 aromatic heterocycles. The van der Waals surface area contributed by atoms with Crippen molar-refractivity contribution < 1.29 is 23.2 Å². The van der Waals surface area contributed by atoms with Gasteiger partial charge in [0.2, 0.25) is 11.8 Å². The summed E-state index contributed by atoms with van der Waals surface area (Å²) in [7, 11) is 0. The predicted molar refractivity (Wildman–Crippen MR) is 124 cm³/mol. The highest BCUT2D eigenvalue weighted by Crippen LogP contribution is 2.53. The van der Waals surface area contributed by atoms with Gasteiger partial charge in [-0.25, -0.2) is 13.7 Å². The fourth-order valence-electron chi connectivity index (χ4n) is 5.33. The maximum atomic E-state index is 13.8. The van der Waals surface area contributed by atoms with E-state index in [1.807, 2.05) is 24.3 Å². The van der Waals surface area contributed by atoms with Crippen LogP contribution in [-0.2, 0) is 9.59 Å². The molecular formula is C26H16ClF2N3O3. The number of imide groups is 1. The maximum Gasteiger partial charge on any atom is 0.240 e. The third kappa shape index (κ3) is 3.13. The van der Waals surface area contributed by atoms with Gasteiger partial charge in [0, 0.05) is 5.56 Å². The number of anilines is 1. The lowest BCUT2D eigenvalue weighted by atomic mass is 9.83. The van der Waals surface area contributed by atoms with Crippen LogP contribution < -0.4 is 4.90 Å². The number of halogens is 3. The first-order valence-corrected chi connectivity index (χ1v) is 11.3. The molecular weight excluding hydrogens is 476 g/mol. The Bertz CT molecular complexity index is 1440. The number of fused-ring (bicyclic) bond motifs is 5. The highest BCUT2D eigenvalue weighted by Gasteiger charge is 2.65. The van der Waals surface area contributed by atoms with Gasteiger partial charge in [-0.1, -0.05) is 35.9 Å². The Hall–Kier alpha value is -3.91. The molecule has 0 spiro atoms. The van der Waals surface area contributed by atoms with E-state index in [0.29, 0.717) is 0 Å². The van der Waals surface area contributed by atoms with E-state index >= 15 is 0 Å². The molecule has 0 radical (unpaired) electrons. The minimum absolute atomic E-state index is 0.132. The fraction of sp³-hybridized carbons (Fsp3) is 0.154. The Morgan fingerprint density at radius 1 is 0.914 bits per heavy atom. The molecule has 2 fully saturated rings. The van der Waals surface area contributed by atoms with Gasteiger partial charge in [0.05, 0.1) is 34.8 Å². The van der Waals surface area contributed by atoms with Crippen molar-refractivity contribution in [3.63, 3.8) is 0 Å². The molecule has 9 heteroatoms. The maximum absolute atomic E-state index is 13.8. The number of amides is 2. The minimum atomic E-state index is -1.09. The van der Waals surface area contributed by atoms with Gasteiger partial charge in [0.15, 0.2) is 5.78 Å². The summed E-state index contributed by atoms with van der Waals surface area (Å²) < 4.78 is 27.3. The molecule has 0 saturated carbocycles. The number of rotatable bonds is 3. The van der Waals surface area contributed by atoms with Gasteiger partial charge >= 0.3 is 0 Å². The summed E-state index contributed by atoms with van der Waals surface area (Å²) >= 11 is 5.92. The van der Waals surface area contributed by atoms with Crippen LogP contribution >= 0.6 is 11.6 Å². The van der Waals surface area contributed by atoms with Gasteiger partial charge in [-0.05, 0) is 53.6 Å². The summed E-state index contributed by atoms with van der Waals surface area (Å²) in [6, 6.07) is 14.2. The second-order valence-electron chi connectivity index (χ2n) is 8.68. The molecule has 0 bridgehead atoms. The molecule has 6 rings (SSSR count). The molecule has 3 aromatic rings. The van der Waals surface area contributed by atoms with Crippen molar-refractivity contribution in [3.05, 3.63) is 100 Å². The molecule has 35 heavy (non-hydrogen) atoms. The third-order valence-corrected chi connectivity index (χ3v) is 7.14. The number of carbonyl (C=O) groups excluding carboxylic acids is 3. The van der Waals surface area contributed by atoms with Crippen molar-refractivity contribution in [3.8, 4) is 0 Å². The van der Waals surface area contributed by atoms with Crippen LogP contribution in [0.2, 0.25) is 5.02 Å². The van der Waals surface area contributed by atoms with Gasteiger partial charge in [0.25, 0.3) is 0 Å². The Morgan fingerprint density at radius 2 is 1.63 bits per heavy atom. The standard InChI is InChI=1S/C26H16ClF2N3O3/c27-18-11-16(9-10-19(18)29)31-25(34)20-21(26(31)35)23(24(33)13-5-7-15(28)8-6-13)32-22(20)17-4-2-1-3-14(17)12-30-32/h1-12,20-23H/t20-,21+,22-,23-/m1/s1. The topological polar surface area (TPSA) is 70.0 Å². The second kappa shape index (κ2) is 7.81. The zero-order valence-corrected chi connectivity index (χ0v) is 18.7. The molecule has 3 aromatic carbocycles. The molecule has 0 aliphatic carbocycles. The smallest absolute Gasteiger partial charge is 0.240 e. The number of hydrogen-bond acceptors (Lipinski definition) is 5. The average Bonchev–Trinajstić information content (AvgIpc) is 3.33. The predicted octanol–water partition coefficient (Wildman–Crippen LogP) is 4.38. The summed E-state index contributed by atoms with van der Waals surface area (Å²) in [5, 5.41) is 5.77. The number of nitrogens with zero attached hydrogens (tertiary/aromatic N) is 3. The monoisotopic (exact) mass is 491 g/mol. The van der Waals surface area contributed by atoms with Crippen LogP contribution in [-0.4, -0.2) is 34.9 Å². The zero-order valence-electron chi connectivity index (χ0n) is 17.9. The Balaban J connectivity index is 1.50. The lowest BCUT2D eigenvalue weighted by molar-refractivity contribution is -0.124. The number of hydrazone groups is 1. The number of benzene rings is 3. The minimum Gasteiger partial charge on any atom is -0.292 e. The van der Waals surface area contributed by atoms with E-state index in [4.69, 9.17) is 11.6 Å². The first-order valence-electron chi connectivity index (χ1n) is 10.9. The highest BCUT2D eigenvalue weighted by molar-refractivity contribution is 6.31. The molecule has 3 aliphatic rings. The lowest BCUT2D eigenvalue weighted by Gasteiger charge is -2.33. The molecule has 0 unspecified atom stereocenters. The number of hydrogen-bond donors (Lipinski definition) is 0. The van der Waals surface area contributed by atoms with Crippen LogP contribution in [0.3, 0.4) is 0 Å². The molecule has 6 nitrogen and oxygen atoms in total. The molecule has 0 N–H and O–H groups in total. The molecule has 2 saturated heterocycles. The van der Waals surface area contributed by atoms with Crippen molar-refractivity contribution in [2.24, 2.45) is 16.9 Å². The SMILES string of the molecule is O=C(c1ccc(F)cc1)[C@H]1[C@H]2C(=O)N(c3ccc(F)c(Cl)c3)C(=O)[C@H]2[C@H]2c3ccccc3C=NN21. The van der Waals surface area contributed by atoms with Crippen LogP contribution in [0.15, 0.2) is 71.8 Å². The van der Waals surface area contributed by atoms with Crippen molar-refractivity contribution in [2.45, 2.75) is 12.1 Å². The van der Waals surface area contributed by atoms with Crippen LogP contribution in [0.25, 0.3) is 0 Å². The van der Waals surface area contributed by atoms with Crippen LogP contribution in [0.4, 0.5) is 14.5 Å². The van der Waals surface area contributed by atoms with Crippen molar-refractivity contribution in [1.29, 1.82) is 0 Å². The van der Waals surface area contributed by atoms with E-state index in [0.717, 1.165) is 22.1 Å². The van der Waals surface area contributed by atoms with E-state index in [2.05, 4.69) is 5.10 Å². The van der Waals surface area contributed by atoms with Gasteiger partial charge in [-0.3, -0.25) is 19.4 Å². The largest absolute Gasteiger partial charge is 0.292 e. The molecule has 3 aliphatic heterocycles. The van der Waals surface area contributed by atoms with Crippen LogP contribution in [0.1, 0.15) is 27.5 Å². The van der Waals surface area contributed by atoms with Gasteiger partial charge in [-0.2, -0.15) is 5.10 Å². The van der Waals surface area contributed by atoms with Crippen LogP contribution in [0.5, 0.6) is 0 Å². The normalized spacial score (nSPS) is 24.4. The zero-order chi connectivity index (χ0) is 24.4. The van der Waals surface area contributed by atoms with E-state index in [9.17, 15) is 23.2 Å². The summed E-state index contributed by atoms with van der Waals surface area (Å²) in [5.41, 5.74) is 1.89. The summed E-state index contributed by atoms with van der Waals surface area (Å²) in [6.07, 6.45) is 1.60. The number of ketones is 1. The summed E-state index contributed by atoms with van der Waals surface area (Å²) in [6.45, 7) is 0. The van der Waals surface area contributed by atoms with E-state index in [1.54, 1.807) is 6.21 Å². The highest BCUT2D eigenvalue weighted by atomic mass is 35.5. The van der Waals surface area contributed by atoms with E-state index in [1.165, 1.54) is 41.4 Å². The van der Waals surface area contributed by atoms with Gasteiger partial charge < -0.3 is 0 Å². The van der Waals surface area contributed by atoms with Crippen LogP contribution in [0, 0.1) is 23.5 Å². The first kappa shape index (κ1) is 21.6. The second-order valence-corrected chi connectivity index (χ2v) is 9.08. The Kier molecular flexibility index (Phi) is 4.82. The average molecular weight is 492 g/mol. The first-order chi connectivity index (χ1) is 16.9.